The second kappa shape index (κ2) is 8.37. The number of likely N-dealkylation sites (N-methyl/N-ethyl adjacent to an activating group) is 1. The van der Waals surface area contributed by atoms with Crippen molar-refractivity contribution in [3.05, 3.63) is 35.1 Å². The number of rotatable bonds is 5. The van der Waals surface area contributed by atoms with Crippen molar-refractivity contribution in [2.24, 2.45) is 0 Å². The van der Waals surface area contributed by atoms with Crippen molar-refractivity contribution in [2.45, 2.75) is 6.10 Å². The number of methoxy groups -OCH3 is 1. The number of ether oxygens (including phenoxy) is 1. The topological polar surface area (TPSA) is 70.0 Å². The van der Waals surface area contributed by atoms with E-state index in [1.807, 2.05) is 0 Å². The van der Waals surface area contributed by atoms with Crippen molar-refractivity contribution < 1.29 is 24.1 Å². The number of nitrogens with zero attached hydrogens (tertiary/aromatic N) is 1. The molecular formula is C15H18FNO4. The van der Waals surface area contributed by atoms with Crippen LogP contribution in [0.1, 0.15) is 15.9 Å². The van der Waals surface area contributed by atoms with Gasteiger partial charge in [-0.2, -0.15) is 0 Å². The van der Waals surface area contributed by atoms with Crippen LogP contribution in [-0.2, 0) is 4.74 Å². The van der Waals surface area contributed by atoms with Gasteiger partial charge in [0.25, 0.3) is 5.91 Å². The molecule has 0 aliphatic rings. The maximum absolute atomic E-state index is 13.3. The molecule has 1 atom stereocenters. The fourth-order valence-corrected chi connectivity index (χ4v) is 1.79. The molecular weight excluding hydrogens is 277 g/mol. The van der Waals surface area contributed by atoms with E-state index in [9.17, 15) is 14.3 Å². The Labute approximate surface area is 123 Å². The zero-order valence-electron chi connectivity index (χ0n) is 12.0. The molecule has 0 saturated carbocycles. The highest BCUT2D eigenvalue weighted by Gasteiger charge is 2.18. The zero-order valence-corrected chi connectivity index (χ0v) is 12.0. The molecule has 114 valence electrons. The summed E-state index contributed by atoms with van der Waals surface area (Å²) in [6.07, 6.45) is -0.829. The number of carbonyl (C=O) groups excluding carboxylic acids is 1. The summed E-state index contributed by atoms with van der Waals surface area (Å²) in [4.78, 5) is 13.6. The molecule has 0 aliphatic carbocycles. The molecule has 0 fully saturated rings. The third kappa shape index (κ3) is 5.16. The van der Waals surface area contributed by atoms with Crippen LogP contribution >= 0.6 is 0 Å². The molecule has 0 spiro atoms. The van der Waals surface area contributed by atoms with Gasteiger partial charge in [0.05, 0.1) is 18.3 Å². The van der Waals surface area contributed by atoms with Crippen molar-refractivity contribution in [3.63, 3.8) is 0 Å². The average molecular weight is 295 g/mol. The molecule has 1 aromatic carbocycles. The molecule has 2 N–H and O–H groups in total. The smallest absolute Gasteiger partial charge is 0.255 e. The van der Waals surface area contributed by atoms with Gasteiger partial charge in [0.1, 0.15) is 12.4 Å². The third-order valence-corrected chi connectivity index (χ3v) is 2.70. The number of aliphatic hydroxyl groups excluding tert-OH is 2. The van der Waals surface area contributed by atoms with Crippen molar-refractivity contribution in [1.29, 1.82) is 0 Å². The summed E-state index contributed by atoms with van der Waals surface area (Å²) in [6.45, 7) is -0.207. The normalized spacial score (nSPS) is 11.5. The fourth-order valence-electron chi connectivity index (χ4n) is 1.79. The Hall–Kier alpha value is -1.94. The highest BCUT2D eigenvalue weighted by atomic mass is 19.1. The van der Waals surface area contributed by atoms with Crippen LogP contribution in [0.2, 0.25) is 0 Å². The van der Waals surface area contributed by atoms with Crippen LogP contribution < -0.4 is 0 Å². The van der Waals surface area contributed by atoms with Gasteiger partial charge in [-0.05, 0) is 18.2 Å². The highest BCUT2D eigenvalue weighted by molar-refractivity contribution is 5.96. The first-order valence-corrected chi connectivity index (χ1v) is 6.31. The van der Waals surface area contributed by atoms with Crippen molar-refractivity contribution in [2.75, 3.05) is 33.9 Å². The highest BCUT2D eigenvalue weighted by Crippen LogP contribution is 2.13. The van der Waals surface area contributed by atoms with Gasteiger partial charge in [-0.15, -0.1) is 0 Å². The molecule has 0 bridgehead atoms. The summed E-state index contributed by atoms with van der Waals surface area (Å²) in [7, 11) is 2.94. The SMILES string of the molecule is COCC(O)CN(C)C(=O)c1cc(F)ccc1C#CCO. The maximum atomic E-state index is 13.3. The zero-order chi connectivity index (χ0) is 15.8. The molecule has 1 rings (SSSR count). The number of hydrogen-bond donors (Lipinski definition) is 2. The lowest BCUT2D eigenvalue weighted by Crippen LogP contribution is -2.36. The molecule has 1 aromatic rings. The van der Waals surface area contributed by atoms with E-state index in [1.165, 1.54) is 31.2 Å². The largest absolute Gasteiger partial charge is 0.389 e. The molecule has 0 aromatic heterocycles. The lowest BCUT2D eigenvalue weighted by molar-refractivity contribution is 0.0380. The van der Waals surface area contributed by atoms with E-state index in [0.29, 0.717) is 5.56 Å². The minimum Gasteiger partial charge on any atom is -0.389 e. The lowest BCUT2D eigenvalue weighted by Gasteiger charge is -2.21. The Morgan fingerprint density at radius 2 is 2.24 bits per heavy atom. The van der Waals surface area contributed by atoms with Gasteiger partial charge < -0.3 is 19.8 Å². The Bertz CT molecular complexity index is 550. The number of aliphatic hydroxyl groups is 2. The van der Waals surface area contributed by atoms with Crippen LogP contribution in [0.3, 0.4) is 0 Å². The van der Waals surface area contributed by atoms with Crippen molar-refractivity contribution >= 4 is 5.91 Å². The Morgan fingerprint density at radius 3 is 2.86 bits per heavy atom. The Morgan fingerprint density at radius 1 is 1.52 bits per heavy atom. The molecule has 1 amide bonds. The van der Waals surface area contributed by atoms with E-state index in [2.05, 4.69) is 11.8 Å². The second-order valence-corrected chi connectivity index (χ2v) is 4.44. The Kier molecular flexibility index (Phi) is 6.82. The summed E-state index contributed by atoms with van der Waals surface area (Å²) in [5.74, 6) is 4.00. The predicted octanol–water partition coefficient (Wildman–Crippen LogP) is 0.249. The van der Waals surface area contributed by atoms with Crippen LogP contribution in [0.15, 0.2) is 18.2 Å². The first-order valence-electron chi connectivity index (χ1n) is 6.31. The van der Waals surface area contributed by atoms with E-state index in [-0.39, 0.29) is 25.3 Å². The summed E-state index contributed by atoms with van der Waals surface area (Å²) < 4.78 is 18.1. The molecule has 6 heteroatoms. The van der Waals surface area contributed by atoms with Crippen LogP contribution in [0, 0.1) is 17.7 Å². The summed E-state index contributed by atoms with van der Waals surface area (Å²) >= 11 is 0. The molecule has 0 heterocycles. The maximum Gasteiger partial charge on any atom is 0.255 e. The van der Waals surface area contributed by atoms with E-state index in [0.717, 1.165) is 6.07 Å². The quantitative estimate of drug-likeness (QED) is 0.764. The molecule has 21 heavy (non-hydrogen) atoms. The first kappa shape index (κ1) is 17.1. The standard InChI is InChI=1S/C15H18FNO4/c1-17(9-13(19)10-21-2)15(20)14-8-12(16)6-5-11(14)4-3-7-18/h5-6,8,13,18-19H,7,9-10H2,1-2H3. The number of benzene rings is 1. The van der Waals surface area contributed by atoms with Crippen molar-refractivity contribution in [3.8, 4) is 11.8 Å². The van der Waals surface area contributed by atoms with E-state index < -0.39 is 17.8 Å². The summed E-state index contributed by atoms with van der Waals surface area (Å²) in [6, 6.07) is 3.66. The monoisotopic (exact) mass is 295 g/mol. The summed E-state index contributed by atoms with van der Waals surface area (Å²) in [5.41, 5.74) is 0.409. The minimum absolute atomic E-state index is 0.0516. The number of hydrogen-bond acceptors (Lipinski definition) is 4. The number of halogens is 1. The van der Waals surface area contributed by atoms with Gasteiger partial charge in [-0.3, -0.25) is 4.79 Å². The molecule has 0 aliphatic heterocycles. The van der Waals surface area contributed by atoms with Gasteiger partial charge in [-0.25, -0.2) is 4.39 Å². The molecule has 1 unspecified atom stereocenters. The van der Waals surface area contributed by atoms with Crippen LogP contribution in [0.5, 0.6) is 0 Å². The van der Waals surface area contributed by atoms with Gasteiger partial charge in [0.15, 0.2) is 0 Å². The Balaban J connectivity index is 2.97. The van der Waals surface area contributed by atoms with Crippen molar-refractivity contribution in [1.82, 2.24) is 4.90 Å². The minimum atomic E-state index is -0.829. The van der Waals surface area contributed by atoms with Gasteiger partial charge in [0.2, 0.25) is 0 Å². The fraction of sp³-hybridized carbons (Fsp3) is 0.400. The molecule has 0 radical (unpaired) electrons. The predicted molar refractivity (Wildman–Crippen MR) is 75.2 cm³/mol. The molecule has 0 saturated heterocycles. The van der Waals surface area contributed by atoms with Crippen LogP contribution in [0.4, 0.5) is 4.39 Å². The van der Waals surface area contributed by atoms with Crippen LogP contribution in [0.25, 0.3) is 0 Å². The average Bonchev–Trinajstić information content (AvgIpc) is 2.45. The lowest BCUT2D eigenvalue weighted by atomic mass is 10.1. The van der Waals surface area contributed by atoms with Gasteiger partial charge in [0, 0.05) is 26.3 Å². The number of carbonyl (C=O) groups is 1. The third-order valence-electron chi connectivity index (χ3n) is 2.70. The van der Waals surface area contributed by atoms with E-state index >= 15 is 0 Å². The van der Waals surface area contributed by atoms with Gasteiger partial charge >= 0.3 is 0 Å². The van der Waals surface area contributed by atoms with Crippen LogP contribution in [-0.4, -0.2) is 61.0 Å². The van der Waals surface area contributed by atoms with E-state index in [4.69, 9.17) is 9.84 Å². The van der Waals surface area contributed by atoms with Gasteiger partial charge in [-0.1, -0.05) is 11.8 Å². The molecule has 5 nitrogen and oxygen atoms in total. The van der Waals surface area contributed by atoms with E-state index in [1.54, 1.807) is 0 Å². The number of amides is 1. The summed E-state index contributed by atoms with van der Waals surface area (Å²) in [5, 5.41) is 18.3. The first-order chi connectivity index (χ1) is 9.99. The second-order valence-electron chi connectivity index (χ2n) is 4.44.